The first kappa shape index (κ1) is 20.6. The number of hydrogen-bond acceptors (Lipinski definition) is 4. The lowest BCUT2D eigenvalue weighted by atomic mass is 10.1. The van der Waals surface area contributed by atoms with E-state index in [0.29, 0.717) is 41.0 Å². The van der Waals surface area contributed by atoms with Crippen molar-refractivity contribution in [2.75, 3.05) is 14.2 Å². The van der Waals surface area contributed by atoms with E-state index in [4.69, 9.17) is 25.8 Å². The molecular weight excluding hydrogens is 390 g/mol. The summed E-state index contributed by atoms with van der Waals surface area (Å²) in [7, 11) is 3.05. The molecule has 6 heteroatoms. The third kappa shape index (κ3) is 5.42. The van der Waals surface area contributed by atoms with Crippen LogP contribution in [0.2, 0.25) is 5.02 Å². The van der Waals surface area contributed by atoms with Gasteiger partial charge >= 0.3 is 0 Å². The largest absolute Gasteiger partial charge is 0.493 e. The van der Waals surface area contributed by atoms with Crippen molar-refractivity contribution in [3.63, 3.8) is 0 Å². The highest BCUT2D eigenvalue weighted by molar-refractivity contribution is 6.30. The van der Waals surface area contributed by atoms with Crippen LogP contribution in [0.15, 0.2) is 66.7 Å². The zero-order chi connectivity index (χ0) is 20.6. The summed E-state index contributed by atoms with van der Waals surface area (Å²) in [6.45, 7) is 0.739. The number of methoxy groups -OCH3 is 2. The number of amides is 1. The fourth-order valence-electron chi connectivity index (χ4n) is 2.77. The summed E-state index contributed by atoms with van der Waals surface area (Å²) in [6, 6.07) is 20.4. The van der Waals surface area contributed by atoms with Crippen LogP contribution in [0.5, 0.6) is 17.2 Å². The van der Waals surface area contributed by atoms with Gasteiger partial charge in [0.1, 0.15) is 6.61 Å². The molecule has 0 unspecified atom stereocenters. The molecule has 3 rings (SSSR count). The van der Waals surface area contributed by atoms with E-state index in [9.17, 15) is 4.79 Å². The van der Waals surface area contributed by atoms with Crippen LogP contribution < -0.4 is 19.5 Å². The van der Waals surface area contributed by atoms with Crippen LogP contribution in [-0.2, 0) is 13.2 Å². The summed E-state index contributed by atoms with van der Waals surface area (Å²) < 4.78 is 16.8. The number of carbonyl (C=O) groups is 1. The molecule has 3 aromatic rings. The summed E-state index contributed by atoms with van der Waals surface area (Å²) >= 11 is 5.89. The molecule has 150 valence electrons. The molecule has 0 saturated carbocycles. The van der Waals surface area contributed by atoms with Gasteiger partial charge in [-0.3, -0.25) is 4.79 Å². The number of rotatable bonds is 8. The Morgan fingerprint density at radius 2 is 1.52 bits per heavy atom. The summed E-state index contributed by atoms with van der Waals surface area (Å²) in [5.74, 6) is 1.06. The molecule has 0 spiro atoms. The zero-order valence-corrected chi connectivity index (χ0v) is 17.0. The van der Waals surface area contributed by atoms with Crippen molar-refractivity contribution in [2.24, 2.45) is 0 Å². The third-order valence-corrected chi connectivity index (χ3v) is 4.57. The maximum atomic E-state index is 12.6. The van der Waals surface area contributed by atoms with Crippen molar-refractivity contribution in [3.05, 3.63) is 88.4 Å². The summed E-state index contributed by atoms with van der Waals surface area (Å²) in [6.07, 6.45) is 0. The van der Waals surface area contributed by atoms with Crippen molar-refractivity contribution >= 4 is 17.5 Å². The van der Waals surface area contributed by atoms with E-state index in [2.05, 4.69) is 5.32 Å². The minimum absolute atomic E-state index is 0.244. The third-order valence-electron chi connectivity index (χ3n) is 4.32. The summed E-state index contributed by atoms with van der Waals surface area (Å²) in [5.41, 5.74) is 2.38. The maximum absolute atomic E-state index is 12.6. The molecule has 0 aliphatic rings. The first-order valence-corrected chi connectivity index (χ1v) is 9.44. The first-order valence-electron chi connectivity index (χ1n) is 9.06. The quantitative estimate of drug-likeness (QED) is 0.574. The van der Waals surface area contributed by atoms with E-state index in [1.54, 1.807) is 24.3 Å². The molecule has 29 heavy (non-hydrogen) atoms. The summed E-state index contributed by atoms with van der Waals surface area (Å²) in [4.78, 5) is 12.6. The van der Waals surface area contributed by atoms with Gasteiger partial charge in [-0.1, -0.05) is 54.1 Å². The van der Waals surface area contributed by atoms with Gasteiger partial charge in [0.25, 0.3) is 5.91 Å². The lowest BCUT2D eigenvalue weighted by molar-refractivity contribution is 0.0950. The Kier molecular flexibility index (Phi) is 6.98. The van der Waals surface area contributed by atoms with Crippen LogP contribution in [0.4, 0.5) is 0 Å². The standard InChI is InChI=1S/C23H22ClNO4/c1-27-20-12-18(23(26)25-14-16-8-10-19(24)11-9-16)13-21(28-2)22(20)29-15-17-6-4-3-5-7-17/h3-13H,14-15H2,1-2H3,(H,25,26). The monoisotopic (exact) mass is 411 g/mol. The van der Waals surface area contributed by atoms with Crippen molar-refractivity contribution < 1.29 is 19.0 Å². The summed E-state index contributed by atoms with van der Waals surface area (Å²) in [5, 5.41) is 3.53. The molecule has 0 aliphatic heterocycles. The first-order chi connectivity index (χ1) is 14.1. The molecule has 1 N–H and O–H groups in total. The van der Waals surface area contributed by atoms with E-state index >= 15 is 0 Å². The lowest BCUT2D eigenvalue weighted by Crippen LogP contribution is -2.23. The van der Waals surface area contributed by atoms with Crippen molar-refractivity contribution in [2.45, 2.75) is 13.2 Å². The second-order valence-corrected chi connectivity index (χ2v) is 6.73. The molecule has 3 aromatic carbocycles. The van der Waals surface area contributed by atoms with E-state index < -0.39 is 0 Å². The lowest BCUT2D eigenvalue weighted by Gasteiger charge is -2.16. The molecule has 0 fully saturated rings. The van der Waals surface area contributed by atoms with Crippen LogP contribution in [0.3, 0.4) is 0 Å². The van der Waals surface area contributed by atoms with Gasteiger partial charge in [-0.05, 0) is 35.4 Å². The number of halogens is 1. The predicted octanol–water partition coefficient (Wildman–Crippen LogP) is 4.87. The molecule has 0 atom stereocenters. The Morgan fingerprint density at radius 1 is 0.897 bits per heavy atom. The predicted molar refractivity (Wildman–Crippen MR) is 113 cm³/mol. The van der Waals surface area contributed by atoms with Gasteiger partial charge in [-0.25, -0.2) is 0 Å². The molecule has 0 heterocycles. The molecular formula is C23H22ClNO4. The Morgan fingerprint density at radius 3 is 2.10 bits per heavy atom. The van der Waals surface area contributed by atoms with Gasteiger partial charge < -0.3 is 19.5 Å². The van der Waals surface area contributed by atoms with E-state index in [1.165, 1.54) is 14.2 Å². The van der Waals surface area contributed by atoms with E-state index in [-0.39, 0.29) is 5.91 Å². The highest BCUT2D eigenvalue weighted by Crippen LogP contribution is 2.39. The van der Waals surface area contributed by atoms with Crippen LogP contribution in [0.1, 0.15) is 21.5 Å². The smallest absolute Gasteiger partial charge is 0.251 e. The molecule has 1 amide bonds. The fraction of sp³-hybridized carbons (Fsp3) is 0.174. The Bertz CT molecular complexity index is 933. The number of ether oxygens (including phenoxy) is 3. The fourth-order valence-corrected chi connectivity index (χ4v) is 2.90. The van der Waals surface area contributed by atoms with Gasteiger partial charge in [-0.15, -0.1) is 0 Å². The number of carbonyl (C=O) groups excluding carboxylic acids is 1. The van der Waals surface area contributed by atoms with E-state index in [1.807, 2.05) is 42.5 Å². The van der Waals surface area contributed by atoms with Gasteiger partial charge in [0.15, 0.2) is 11.5 Å². The Hall–Kier alpha value is -3.18. The highest BCUT2D eigenvalue weighted by atomic mass is 35.5. The molecule has 0 saturated heterocycles. The van der Waals surface area contributed by atoms with Crippen molar-refractivity contribution in [3.8, 4) is 17.2 Å². The topological polar surface area (TPSA) is 56.8 Å². The Labute approximate surface area is 175 Å². The molecule has 0 radical (unpaired) electrons. The molecule has 0 aliphatic carbocycles. The van der Waals surface area contributed by atoms with Crippen LogP contribution in [-0.4, -0.2) is 20.1 Å². The van der Waals surface area contributed by atoms with E-state index in [0.717, 1.165) is 11.1 Å². The number of hydrogen-bond donors (Lipinski definition) is 1. The maximum Gasteiger partial charge on any atom is 0.251 e. The van der Waals surface area contributed by atoms with Crippen LogP contribution in [0, 0.1) is 0 Å². The van der Waals surface area contributed by atoms with Crippen LogP contribution >= 0.6 is 11.6 Å². The SMILES string of the molecule is COc1cc(C(=O)NCc2ccc(Cl)cc2)cc(OC)c1OCc1ccccc1. The number of benzene rings is 3. The minimum Gasteiger partial charge on any atom is -0.493 e. The average molecular weight is 412 g/mol. The molecule has 5 nitrogen and oxygen atoms in total. The number of nitrogens with one attached hydrogen (secondary N) is 1. The average Bonchev–Trinajstić information content (AvgIpc) is 2.77. The zero-order valence-electron chi connectivity index (χ0n) is 16.3. The van der Waals surface area contributed by atoms with Crippen LogP contribution in [0.25, 0.3) is 0 Å². The second-order valence-electron chi connectivity index (χ2n) is 6.29. The molecule has 0 bridgehead atoms. The van der Waals surface area contributed by atoms with Crippen molar-refractivity contribution in [1.29, 1.82) is 0 Å². The van der Waals surface area contributed by atoms with Gasteiger partial charge in [-0.2, -0.15) is 0 Å². The van der Waals surface area contributed by atoms with Gasteiger partial charge in [0.05, 0.1) is 14.2 Å². The van der Waals surface area contributed by atoms with Gasteiger partial charge in [0.2, 0.25) is 5.75 Å². The van der Waals surface area contributed by atoms with Gasteiger partial charge in [0, 0.05) is 17.1 Å². The van der Waals surface area contributed by atoms with Crippen molar-refractivity contribution in [1.82, 2.24) is 5.32 Å². The second kappa shape index (κ2) is 9.85. The Balaban J connectivity index is 1.75. The normalized spacial score (nSPS) is 10.3. The molecule has 0 aromatic heterocycles. The minimum atomic E-state index is -0.244. The highest BCUT2D eigenvalue weighted by Gasteiger charge is 2.18.